The van der Waals surface area contributed by atoms with E-state index in [1.807, 2.05) is 48.9 Å². The molecule has 21 heavy (non-hydrogen) atoms. The van der Waals surface area contributed by atoms with E-state index in [-0.39, 0.29) is 11.9 Å². The topological polar surface area (TPSA) is 72.9 Å². The molecule has 0 saturated carbocycles. The Morgan fingerprint density at radius 2 is 2.10 bits per heavy atom. The third kappa shape index (κ3) is 3.70. The Bertz CT molecular complexity index is 592. The van der Waals surface area contributed by atoms with Crippen LogP contribution in [0.15, 0.2) is 36.5 Å². The van der Waals surface area contributed by atoms with Crippen LogP contribution in [0.4, 0.5) is 0 Å². The number of aryl methyl sites for hydroxylation is 1. The number of nitrogens with zero attached hydrogens (tertiary/aromatic N) is 2. The zero-order chi connectivity index (χ0) is 15.2. The summed E-state index contributed by atoms with van der Waals surface area (Å²) in [4.78, 5) is 12.3. The van der Waals surface area contributed by atoms with Gasteiger partial charge in [-0.3, -0.25) is 9.48 Å². The number of benzene rings is 1. The van der Waals surface area contributed by atoms with Crippen molar-refractivity contribution in [2.75, 3.05) is 6.54 Å². The second-order valence-electron chi connectivity index (χ2n) is 5.11. The number of aromatic nitrogens is 2. The van der Waals surface area contributed by atoms with Gasteiger partial charge in [0.25, 0.3) is 5.91 Å². The lowest BCUT2D eigenvalue weighted by molar-refractivity contribution is 0.0939. The summed E-state index contributed by atoms with van der Waals surface area (Å²) >= 11 is 0. The van der Waals surface area contributed by atoms with Gasteiger partial charge in [-0.05, 0) is 32.4 Å². The Hall–Kier alpha value is -2.14. The summed E-state index contributed by atoms with van der Waals surface area (Å²) in [6, 6.07) is 9.86. The summed E-state index contributed by atoms with van der Waals surface area (Å²) in [6.45, 7) is 5.24. The standard InChI is InChI=1S/C16H22N4O/c1-12(14-7-4-3-5-8-14)19-16(21)15-11-18-20(13(15)2)10-6-9-17/h3-5,7-8,11-12H,6,9-10,17H2,1-2H3,(H,19,21). The van der Waals surface area contributed by atoms with Gasteiger partial charge in [-0.2, -0.15) is 5.10 Å². The molecule has 0 saturated heterocycles. The van der Waals surface area contributed by atoms with Gasteiger partial charge in [-0.25, -0.2) is 0 Å². The van der Waals surface area contributed by atoms with Crippen molar-refractivity contribution in [2.45, 2.75) is 32.9 Å². The second kappa shape index (κ2) is 7.04. The number of amides is 1. The number of nitrogens with one attached hydrogen (secondary N) is 1. The van der Waals surface area contributed by atoms with Gasteiger partial charge in [0, 0.05) is 12.2 Å². The monoisotopic (exact) mass is 286 g/mol. The highest BCUT2D eigenvalue weighted by atomic mass is 16.1. The molecule has 0 bridgehead atoms. The lowest BCUT2D eigenvalue weighted by Crippen LogP contribution is -2.27. The van der Waals surface area contributed by atoms with Gasteiger partial charge in [0.2, 0.25) is 0 Å². The average molecular weight is 286 g/mol. The Kier molecular flexibility index (Phi) is 5.11. The molecule has 0 fully saturated rings. The molecule has 0 aliphatic carbocycles. The number of rotatable bonds is 6. The highest BCUT2D eigenvalue weighted by Crippen LogP contribution is 2.14. The van der Waals surface area contributed by atoms with Crippen LogP contribution in [0.2, 0.25) is 0 Å². The summed E-state index contributed by atoms with van der Waals surface area (Å²) in [5, 5.41) is 7.26. The predicted molar refractivity (Wildman–Crippen MR) is 83.0 cm³/mol. The maximum atomic E-state index is 12.3. The quantitative estimate of drug-likeness (QED) is 0.853. The summed E-state index contributed by atoms with van der Waals surface area (Å²) in [5.41, 5.74) is 8.08. The van der Waals surface area contributed by atoms with E-state index in [9.17, 15) is 4.79 Å². The molecule has 5 nitrogen and oxygen atoms in total. The van der Waals surface area contributed by atoms with E-state index >= 15 is 0 Å². The SMILES string of the molecule is Cc1c(C(=O)NC(C)c2ccccc2)cnn1CCCN. The van der Waals surface area contributed by atoms with Gasteiger partial charge in [0.05, 0.1) is 17.8 Å². The van der Waals surface area contributed by atoms with Crippen molar-refractivity contribution in [3.8, 4) is 0 Å². The third-order valence-electron chi connectivity index (χ3n) is 3.57. The number of nitrogens with two attached hydrogens (primary N) is 1. The number of carbonyl (C=O) groups excluding carboxylic acids is 1. The van der Waals surface area contributed by atoms with Crippen molar-refractivity contribution >= 4 is 5.91 Å². The fraction of sp³-hybridized carbons (Fsp3) is 0.375. The smallest absolute Gasteiger partial charge is 0.255 e. The zero-order valence-electron chi connectivity index (χ0n) is 12.5. The maximum Gasteiger partial charge on any atom is 0.255 e. The second-order valence-corrected chi connectivity index (χ2v) is 5.11. The first-order valence-electron chi connectivity index (χ1n) is 7.21. The van der Waals surface area contributed by atoms with Crippen LogP contribution >= 0.6 is 0 Å². The van der Waals surface area contributed by atoms with E-state index in [4.69, 9.17) is 5.73 Å². The molecular formula is C16H22N4O. The molecule has 3 N–H and O–H groups in total. The van der Waals surface area contributed by atoms with E-state index in [2.05, 4.69) is 10.4 Å². The lowest BCUT2D eigenvalue weighted by Gasteiger charge is -2.14. The van der Waals surface area contributed by atoms with Crippen molar-refractivity contribution < 1.29 is 4.79 Å². The predicted octanol–water partition coefficient (Wildman–Crippen LogP) is 2.03. The number of hydrogen-bond acceptors (Lipinski definition) is 3. The van der Waals surface area contributed by atoms with Gasteiger partial charge >= 0.3 is 0 Å². The first-order valence-corrected chi connectivity index (χ1v) is 7.21. The highest BCUT2D eigenvalue weighted by Gasteiger charge is 2.16. The van der Waals surface area contributed by atoms with Crippen LogP contribution in [0, 0.1) is 6.92 Å². The zero-order valence-corrected chi connectivity index (χ0v) is 12.5. The van der Waals surface area contributed by atoms with Gasteiger partial charge in [0.15, 0.2) is 0 Å². The molecule has 0 aliphatic heterocycles. The largest absolute Gasteiger partial charge is 0.345 e. The summed E-state index contributed by atoms with van der Waals surface area (Å²) in [6.07, 6.45) is 2.48. The minimum atomic E-state index is -0.0946. The van der Waals surface area contributed by atoms with Crippen molar-refractivity contribution in [1.82, 2.24) is 15.1 Å². The molecule has 0 radical (unpaired) electrons. The Labute approximate surface area is 125 Å². The molecule has 5 heteroatoms. The first kappa shape index (κ1) is 15.3. The Morgan fingerprint density at radius 1 is 1.38 bits per heavy atom. The third-order valence-corrected chi connectivity index (χ3v) is 3.57. The molecule has 1 aromatic carbocycles. The molecule has 0 aliphatic rings. The minimum absolute atomic E-state index is 0.0366. The van der Waals surface area contributed by atoms with Crippen LogP contribution in [-0.2, 0) is 6.54 Å². The number of hydrogen-bond donors (Lipinski definition) is 2. The molecule has 1 atom stereocenters. The highest BCUT2D eigenvalue weighted by molar-refractivity contribution is 5.95. The van der Waals surface area contributed by atoms with Crippen molar-refractivity contribution in [3.63, 3.8) is 0 Å². The van der Waals surface area contributed by atoms with E-state index in [1.165, 1.54) is 0 Å². The van der Waals surface area contributed by atoms with Crippen LogP contribution in [-0.4, -0.2) is 22.2 Å². The molecule has 2 rings (SSSR count). The molecule has 2 aromatic rings. The molecular weight excluding hydrogens is 264 g/mol. The lowest BCUT2D eigenvalue weighted by atomic mass is 10.1. The van der Waals surface area contributed by atoms with E-state index in [1.54, 1.807) is 6.20 Å². The van der Waals surface area contributed by atoms with E-state index < -0.39 is 0 Å². The van der Waals surface area contributed by atoms with Crippen LogP contribution in [0.5, 0.6) is 0 Å². The fourth-order valence-corrected chi connectivity index (χ4v) is 2.24. The number of carbonyl (C=O) groups is 1. The molecule has 112 valence electrons. The van der Waals surface area contributed by atoms with E-state index in [0.29, 0.717) is 12.1 Å². The van der Waals surface area contributed by atoms with Crippen molar-refractivity contribution in [2.24, 2.45) is 5.73 Å². The van der Waals surface area contributed by atoms with Crippen LogP contribution in [0.1, 0.15) is 41.0 Å². The first-order chi connectivity index (χ1) is 10.1. The average Bonchev–Trinajstić information content (AvgIpc) is 2.87. The van der Waals surface area contributed by atoms with Gasteiger partial charge < -0.3 is 11.1 Å². The van der Waals surface area contributed by atoms with E-state index in [0.717, 1.165) is 24.2 Å². The van der Waals surface area contributed by atoms with Crippen LogP contribution < -0.4 is 11.1 Å². The summed E-state index contributed by atoms with van der Waals surface area (Å²) < 4.78 is 1.83. The fourth-order valence-electron chi connectivity index (χ4n) is 2.24. The molecule has 0 spiro atoms. The van der Waals surface area contributed by atoms with Gasteiger partial charge in [0.1, 0.15) is 0 Å². The Morgan fingerprint density at radius 3 is 2.76 bits per heavy atom. The van der Waals surface area contributed by atoms with Crippen molar-refractivity contribution in [3.05, 3.63) is 53.3 Å². The molecule has 1 heterocycles. The van der Waals surface area contributed by atoms with Gasteiger partial charge in [-0.1, -0.05) is 30.3 Å². The molecule has 1 aromatic heterocycles. The van der Waals surface area contributed by atoms with Crippen LogP contribution in [0.3, 0.4) is 0 Å². The maximum absolute atomic E-state index is 12.3. The molecule has 1 amide bonds. The Balaban J connectivity index is 2.05. The normalized spacial score (nSPS) is 12.1. The van der Waals surface area contributed by atoms with Crippen LogP contribution in [0.25, 0.3) is 0 Å². The van der Waals surface area contributed by atoms with Gasteiger partial charge in [-0.15, -0.1) is 0 Å². The molecule has 1 unspecified atom stereocenters. The van der Waals surface area contributed by atoms with Crippen molar-refractivity contribution in [1.29, 1.82) is 0 Å². The summed E-state index contributed by atoms with van der Waals surface area (Å²) in [5.74, 6) is -0.0946. The minimum Gasteiger partial charge on any atom is -0.345 e. The summed E-state index contributed by atoms with van der Waals surface area (Å²) in [7, 11) is 0.